The molecule has 0 fully saturated rings. The number of anilines is 1. The molecule has 17 heavy (non-hydrogen) atoms. The summed E-state index contributed by atoms with van der Waals surface area (Å²) >= 11 is 0. The first-order valence-electron chi connectivity index (χ1n) is 4.86. The zero-order valence-corrected chi connectivity index (χ0v) is 9.94. The molecular weight excluding hydrogens is 244 g/mol. The lowest BCUT2D eigenvalue weighted by Gasteiger charge is -2.06. The number of benzene rings is 1. The average Bonchev–Trinajstić information content (AvgIpc) is 2.15. The fourth-order valence-corrected chi connectivity index (χ4v) is 2.09. The van der Waals surface area contributed by atoms with Gasteiger partial charge in [-0.05, 0) is 12.1 Å². The number of sulfone groups is 1. The largest absolute Gasteiger partial charge is 0.492 e. The average molecular weight is 258 g/mol. The Morgan fingerprint density at radius 3 is 2.65 bits per heavy atom. The molecule has 94 valence electrons. The van der Waals surface area contributed by atoms with Gasteiger partial charge < -0.3 is 16.2 Å². The van der Waals surface area contributed by atoms with Gasteiger partial charge >= 0.3 is 0 Å². The van der Waals surface area contributed by atoms with Crippen LogP contribution in [-0.2, 0) is 14.6 Å². The van der Waals surface area contributed by atoms with E-state index in [9.17, 15) is 13.2 Å². The number of nitrogen functional groups attached to an aromatic ring is 1. The number of hydrogen-bond acceptors (Lipinski definition) is 5. The van der Waals surface area contributed by atoms with Crippen molar-refractivity contribution in [3.8, 4) is 5.75 Å². The molecule has 0 aromatic heterocycles. The van der Waals surface area contributed by atoms with E-state index in [1.807, 2.05) is 0 Å². The number of carbonyl (C=O) groups excluding carboxylic acids is 1. The Bertz CT molecular complexity index is 499. The van der Waals surface area contributed by atoms with Crippen molar-refractivity contribution in [3.63, 3.8) is 0 Å². The van der Waals surface area contributed by atoms with Gasteiger partial charge in [-0.1, -0.05) is 6.07 Å². The summed E-state index contributed by atoms with van der Waals surface area (Å²) < 4.78 is 27.8. The van der Waals surface area contributed by atoms with Crippen LogP contribution in [0.1, 0.15) is 0 Å². The molecule has 0 bridgehead atoms. The van der Waals surface area contributed by atoms with E-state index in [1.165, 1.54) is 0 Å². The first kappa shape index (κ1) is 13.3. The molecular formula is C10H14N2O4S. The van der Waals surface area contributed by atoms with Gasteiger partial charge in [-0.2, -0.15) is 0 Å². The summed E-state index contributed by atoms with van der Waals surface area (Å²) in [6.45, 7) is -0.0426. The molecule has 7 heteroatoms. The predicted octanol–water partition coefficient (Wildman–Crippen LogP) is -0.452. The normalized spacial score (nSPS) is 11.1. The van der Waals surface area contributed by atoms with E-state index in [-0.39, 0.29) is 12.4 Å². The summed E-state index contributed by atoms with van der Waals surface area (Å²) in [5.41, 5.74) is 10.9. The van der Waals surface area contributed by atoms with Crippen LogP contribution < -0.4 is 16.2 Å². The topological polar surface area (TPSA) is 112 Å². The van der Waals surface area contributed by atoms with Crippen LogP contribution in [0, 0.1) is 0 Å². The zero-order valence-electron chi connectivity index (χ0n) is 9.13. The van der Waals surface area contributed by atoms with Gasteiger partial charge in [0.15, 0.2) is 9.84 Å². The van der Waals surface area contributed by atoms with Crippen LogP contribution in [-0.4, -0.2) is 32.4 Å². The lowest BCUT2D eigenvalue weighted by atomic mass is 10.3. The molecule has 0 aliphatic heterocycles. The Morgan fingerprint density at radius 2 is 2.06 bits per heavy atom. The number of primary amides is 1. The third-order valence-corrected chi connectivity index (χ3v) is 3.40. The van der Waals surface area contributed by atoms with Crippen LogP contribution in [0.25, 0.3) is 0 Å². The Labute approximate surface area is 99.5 Å². The maximum Gasteiger partial charge on any atom is 0.232 e. The highest BCUT2D eigenvalue weighted by Crippen LogP contribution is 2.14. The van der Waals surface area contributed by atoms with E-state index in [1.54, 1.807) is 24.3 Å². The van der Waals surface area contributed by atoms with Crippen LogP contribution in [0.2, 0.25) is 0 Å². The zero-order chi connectivity index (χ0) is 12.9. The highest BCUT2D eigenvalue weighted by atomic mass is 32.2. The van der Waals surface area contributed by atoms with Gasteiger partial charge in [-0.15, -0.1) is 0 Å². The van der Waals surface area contributed by atoms with Gasteiger partial charge in [-0.25, -0.2) is 8.42 Å². The fourth-order valence-electron chi connectivity index (χ4n) is 1.18. The lowest BCUT2D eigenvalue weighted by Crippen LogP contribution is -2.27. The Kier molecular flexibility index (Phi) is 4.33. The van der Waals surface area contributed by atoms with Crippen molar-refractivity contribution >= 4 is 21.4 Å². The molecule has 0 aliphatic carbocycles. The minimum absolute atomic E-state index is 0.0426. The molecule has 0 atom stereocenters. The Balaban J connectivity index is 2.45. The van der Waals surface area contributed by atoms with E-state index in [0.29, 0.717) is 11.4 Å². The third-order valence-electron chi connectivity index (χ3n) is 1.88. The molecule has 1 rings (SSSR count). The van der Waals surface area contributed by atoms with Gasteiger partial charge in [-0.3, -0.25) is 4.79 Å². The predicted molar refractivity (Wildman–Crippen MR) is 64.2 cm³/mol. The number of rotatable bonds is 6. The maximum absolute atomic E-state index is 11.3. The van der Waals surface area contributed by atoms with E-state index < -0.39 is 21.5 Å². The fraction of sp³-hybridized carbons (Fsp3) is 0.300. The lowest BCUT2D eigenvalue weighted by molar-refractivity contribution is -0.115. The van der Waals surface area contributed by atoms with Crippen molar-refractivity contribution in [1.29, 1.82) is 0 Å². The molecule has 0 unspecified atom stereocenters. The molecule has 6 nitrogen and oxygen atoms in total. The van der Waals surface area contributed by atoms with Crippen molar-refractivity contribution in [3.05, 3.63) is 24.3 Å². The summed E-state index contributed by atoms with van der Waals surface area (Å²) in [6, 6.07) is 6.64. The second kappa shape index (κ2) is 5.53. The number of hydrogen-bond donors (Lipinski definition) is 2. The highest BCUT2D eigenvalue weighted by Gasteiger charge is 2.14. The second-order valence-corrected chi connectivity index (χ2v) is 5.66. The molecule has 0 saturated carbocycles. The molecule has 0 saturated heterocycles. The van der Waals surface area contributed by atoms with Gasteiger partial charge in [0.1, 0.15) is 18.1 Å². The van der Waals surface area contributed by atoms with Gasteiger partial charge in [0, 0.05) is 11.8 Å². The summed E-state index contributed by atoms with van der Waals surface area (Å²) in [5, 5.41) is 0. The summed E-state index contributed by atoms with van der Waals surface area (Å²) in [5.74, 6) is -1.30. The van der Waals surface area contributed by atoms with E-state index >= 15 is 0 Å². The second-order valence-electron chi connectivity index (χ2n) is 3.48. The van der Waals surface area contributed by atoms with E-state index in [4.69, 9.17) is 16.2 Å². The number of carbonyl (C=O) groups is 1. The first-order chi connectivity index (χ1) is 7.89. The van der Waals surface area contributed by atoms with Crippen LogP contribution in [0.5, 0.6) is 5.75 Å². The standard InChI is InChI=1S/C10H14N2O4S/c11-8-2-1-3-9(6-8)16-4-5-17(14,15)7-10(12)13/h1-3,6H,4-5,7,11H2,(H2,12,13). The molecule has 0 heterocycles. The minimum atomic E-state index is -3.49. The van der Waals surface area contributed by atoms with Crippen molar-refractivity contribution in [1.82, 2.24) is 0 Å². The van der Waals surface area contributed by atoms with Gasteiger partial charge in [0.05, 0.1) is 5.75 Å². The van der Waals surface area contributed by atoms with Crippen molar-refractivity contribution in [2.24, 2.45) is 5.73 Å². The SMILES string of the molecule is NC(=O)CS(=O)(=O)CCOc1cccc(N)c1. The molecule has 0 aliphatic rings. The smallest absolute Gasteiger partial charge is 0.232 e. The van der Waals surface area contributed by atoms with Crippen LogP contribution in [0.4, 0.5) is 5.69 Å². The Hall–Kier alpha value is -1.76. The Morgan fingerprint density at radius 1 is 1.35 bits per heavy atom. The first-order valence-corrected chi connectivity index (χ1v) is 6.68. The van der Waals surface area contributed by atoms with Gasteiger partial charge in [0.25, 0.3) is 0 Å². The summed E-state index contributed by atoms with van der Waals surface area (Å²) in [4.78, 5) is 10.5. The quantitative estimate of drug-likeness (QED) is 0.671. The van der Waals surface area contributed by atoms with E-state index in [2.05, 4.69) is 0 Å². The maximum atomic E-state index is 11.3. The monoisotopic (exact) mass is 258 g/mol. The molecule has 0 spiro atoms. The minimum Gasteiger partial charge on any atom is -0.492 e. The number of amides is 1. The van der Waals surface area contributed by atoms with Crippen molar-refractivity contribution in [2.75, 3.05) is 23.8 Å². The van der Waals surface area contributed by atoms with Crippen LogP contribution in [0.3, 0.4) is 0 Å². The molecule has 4 N–H and O–H groups in total. The highest BCUT2D eigenvalue weighted by molar-refractivity contribution is 7.92. The number of nitrogens with two attached hydrogens (primary N) is 2. The van der Waals surface area contributed by atoms with Crippen molar-refractivity contribution < 1.29 is 17.9 Å². The van der Waals surface area contributed by atoms with Crippen molar-refractivity contribution in [2.45, 2.75) is 0 Å². The third kappa shape index (κ3) is 5.21. The summed E-state index contributed by atoms with van der Waals surface area (Å²) in [7, 11) is -3.49. The molecule has 0 radical (unpaired) electrons. The molecule has 1 amide bonds. The van der Waals surface area contributed by atoms with Crippen LogP contribution >= 0.6 is 0 Å². The number of ether oxygens (including phenoxy) is 1. The van der Waals surface area contributed by atoms with E-state index in [0.717, 1.165) is 0 Å². The van der Waals surface area contributed by atoms with Crippen LogP contribution in [0.15, 0.2) is 24.3 Å². The molecule has 1 aromatic rings. The molecule has 1 aromatic carbocycles. The summed E-state index contributed by atoms with van der Waals surface area (Å²) in [6.07, 6.45) is 0. The van der Waals surface area contributed by atoms with Gasteiger partial charge in [0.2, 0.25) is 5.91 Å².